The molecule has 4 nitrogen and oxygen atoms in total. The number of hydrogen-bond donors (Lipinski definition) is 0. The molecule has 1 aliphatic heterocycles. The molecule has 2 heterocycles. The number of aromatic nitrogens is 1. The Balaban J connectivity index is 2.22. The summed E-state index contributed by atoms with van der Waals surface area (Å²) in [7, 11) is 1.31. The fourth-order valence-corrected chi connectivity index (χ4v) is 2.24. The Bertz CT molecular complexity index is 551. The number of methoxy groups -OCH3 is 1. The monoisotopic (exact) mass is 289 g/mol. The van der Waals surface area contributed by atoms with Crippen LogP contribution in [0.5, 0.6) is 5.75 Å². The van der Waals surface area contributed by atoms with Crippen LogP contribution in [0.2, 0.25) is 0 Å². The average Bonchev–Trinajstić information content (AvgIpc) is 2.59. The van der Waals surface area contributed by atoms with E-state index in [-0.39, 0.29) is 18.3 Å². The van der Waals surface area contributed by atoms with Gasteiger partial charge in [0.1, 0.15) is 5.75 Å². The van der Waals surface area contributed by atoms with Crippen LogP contribution in [0.4, 0.5) is 0 Å². The average molecular weight is 289 g/mol. The lowest BCUT2D eigenvalue weighted by Crippen LogP contribution is -2.41. The minimum absolute atomic E-state index is 0.326. The van der Waals surface area contributed by atoms with E-state index in [9.17, 15) is 0 Å². The van der Waals surface area contributed by atoms with Crippen LogP contribution in [0.1, 0.15) is 44.5 Å². The highest BCUT2D eigenvalue weighted by Crippen LogP contribution is 2.37. The third kappa shape index (κ3) is 2.99. The van der Waals surface area contributed by atoms with E-state index in [4.69, 9.17) is 14.0 Å². The predicted molar refractivity (Wildman–Crippen MR) is 85.4 cm³/mol. The zero-order valence-electron chi connectivity index (χ0n) is 14.0. The molecule has 0 N–H and O–H groups in total. The maximum absolute atomic E-state index is 5.94. The molecule has 0 unspecified atom stereocenters. The molecule has 0 aliphatic carbocycles. The van der Waals surface area contributed by atoms with Gasteiger partial charge >= 0.3 is 7.12 Å². The summed E-state index contributed by atoms with van der Waals surface area (Å²) < 4.78 is 17.4. The van der Waals surface area contributed by atoms with Crippen LogP contribution in [-0.4, -0.2) is 30.4 Å². The predicted octanol–water partition coefficient (Wildman–Crippen LogP) is 3.35. The van der Waals surface area contributed by atoms with Gasteiger partial charge in [0.2, 0.25) is 0 Å². The van der Waals surface area contributed by atoms with Crippen LogP contribution < -0.4 is 4.74 Å². The van der Waals surface area contributed by atoms with Crippen LogP contribution in [0.15, 0.2) is 12.2 Å². The van der Waals surface area contributed by atoms with E-state index in [1.54, 1.807) is 7.11 Å². The smallest absolute Gasteiger partial charge is 0.487 e. The molecule has 1 aromatic rings. The Morgan fingerprint density at radius 2 is 1.71 bits per heavy atom. The van der Waals surface area contributed by atoms with Gasteiger partial charge in [0.25, 0.3) is 0 Å². The van der Waals surface area contributed by atoms with Crippen LogP contribution in [-0.2, 0) is 9.31 Å². The highest BCUT2D eigenvalue weighted by atomic mass is 16.7. The lowest BCUT2D eigenvalue weighted by Gasteiger charge is -2.32. The van der Waals surface area contributed by atoms with Crippen LogP contribution >= 0.6 is 0 Å². The Morgan fingerprint density at radius 1 is 1.14 bits per heavy atom. The summed E-state index contributed by atoms with van der Waals surface area (Å²) in [4.78, 5) is 4.38. The van der Waals surface area contributed by atoms with Gasteiger partial charge in [-0.25, -0.2) is 0 Å². The van der Waals surface area contributed by atoms with E-state index in [2.05, 4.69) is 4.98 Å². The molecule has 0 aromatic carbocycles. The summed E-state index contributed by atoms with van der Waals surface area (Å²) in [5, 5.41) is 0. The molecule has 0 radical (unpaired) electrons. The third-order valence-corrected chi connectivity index (χ3v) is 4.45. The summed E-state index contributed by atoms with van der Waals surface area (Å²) in [5.41, 5.74) is 2.30. The van der Waals surface area contributed by atoms with Gasteiger partial charge in [-0.05, 0) is 41.5 Å². The van der Waals surface area contributed by atoms with Crippen molar-refractivity contribution in [2.24, 2.45) is 0 Å². The number of hydrogen-bond acceptors (Lipinski definition) is 4. The van der Waals surface area contributed by atoms with Gasteiger partial charge in [-0.2, -0.15) is 0 Å². The van der Waals surface area contributed by atoms with Crippen molar-refractivity contribution >= 4 is 13.2 Å². The van der Waals surface area contributed by atoms with E-state index in [0.29, 0.717) is 0 Å². The summed E-state index contributed by atoms with van der Waals surface area (Å²) in [6.07, 6.45) is 3.75. The highest BCUT2D eigenvalue weighted by Gasteiger charge is 2.50. The second kappa shape index (κ2) is 5.46. The lowest BCUT2D eigenvalue weighted by atomic mass is 9.89. The molecule has 0 spiro atoms. The molecule has 1 fully saturated rings. The SMILES string of the molecule is COc1c(/C=C/B2OC(C)(C)C(C)(C)O2)cnc(C)c1C. The zero-order chi connectivity index (χ0) is 15.8. The van der Waals surface area contributed by atoms with Gasteiger partial charge in [-0.3, -0.25) is 4.98 Å². The first-order valence-corrected chi connectivity index (χ1v) is 7.22. The quantitative estimate of drug-likeness (QED) is 0.800. The Labute approximate surface area is 127 Å². The van der Waals surface area contributed by atoms with Crippen molar-refractivity contribution in [1.29, 1.82) is 0 Å². The van der Waals surface area contributed by atoms with Gasteiger partial charge < -0.3 is 14.0 Å². The van der Waals surface area contributed by atoms with E-state index in [1.807, 2.05) is 59.8 Å². The Hall–Kier alpha value is -1.33. The molecule has 0 atom stereocenters. The summed E-state index contributed by atoms with van der Waals surface area (Å²) in [5.74, 6) is 2.75. The molecular formula is C16H24BNO3. The molecule has 0 bridgehead atoms. The van der Waals surface area contributed by atoms with E-state index in [1.165, 1.54) is 0 Å². The van der Waals surface area contributed by atoms with Crippen LogP contribution in [0.3, 0.4) is 0 Å². The normalized spacial score (nSPS) is 20.2. The van der Waals surface area contributed by atoms with E-state index >= 15 is 0 Å². The molecule has 21 heavy (non-hydrogen) atoms. The van der Waals surface area contributed by atoms with Crippen molar-refractivity contribution in [3.63, 3.8) is 0 Å². The van der Waals surface area contributed by atoms with Crippen LogP contribution in [0, 0.1) is 13.8 Å². The minimum atomic E-state index is -0.360. The highest BCUT2D eigenvalue weighted by molar-refractivity contribution is 6.52. The maximum Gasteiger partial charge on any atom is 0.487 e. The fraction of sp³-hybridized carbons (Fsp3) is 0.562. The minimum Gasteiger partial charge on any atom is -0.496 e. The maximum atomic E-state index is 5.94. The van der Waals surface area contributed by atoms with E-state index < -0.39 is 0 Å². The van der Waals surface area contributed by atoms with Crippen molar-refractivity contribution in [3.8, 4) is 5.75 Å². The number of nitrogens with zero attached hydrogens (tertiary/aromatic N) is 1. The van der Waals surface area contributed by atoms with Crippen molar-refractivity contribution in [3.05, 3.63) is 29.0 Å². The summed E-state index contributed by atoms with van der Waals surface area (Å²) in [6.45, 7) is 12.1. The topological polar surface area (TPSA) is 40.6 Å². The van der Waals surface area contributed by atoms with Gasteiger partial charge in [-0.1, -0.05) is 12.1 Å². The molecule has 0 saturated carbocycles. The van der Waals surface area contributed by atoms with Crippen molar-refractivity contribution in [2.45, 2.75) is 52.7 Å². The third-order valence-electron chi connectivity index (χ3n) is 4.45. The Morgan fingerprint density at radius 3 is 2.24 bits per heavy atom. The Kier molecular flexibility index (Phi) is 4.18. The lowest BCUT2D eigenvalue weighted by molar-refractivity contribution is 0.00578. The number of aryl methyl sites for hydroxylation is 1. The van der Waals surface area contributed by atoms with Gasteiger partial charge in [-0.15, -0.1) is 0 Å². The van der Waals surface area contributed by atoms with Crippen molar-refractivity contribution in [1.82, 2.24) is 4.98 Å². The molecule has 5 heteroatoms. The number of rotatable bonds is 3. The molecule has 1 saturated heterocycles. The van der Waals surface area contributed by atoms with E-state index in [0.717, 1.165) is 22.6 Å². The second-order valence-corrected chi connectivity index (χ2v) is 6.44. The number of pyridine rings is 1. The van der Waals surface area contributed by atoms with Crippen molar-refractivity contribution in [2.75, 3.05) is 7.11 Å². The molecule has 2 rings (SSSR count). The molecule has 0 amide bonds. The van der Waals surface area contributed by atoms with Gasteiger partial charge in [0.15, 0.2) is 0 Å². The molecular weight excluding hydrogens is 265 g/mol. The van der Waals surface area contributed by atoms with Gasteiger partial charge in [0, 0.05) is 23.0 Å². The van der Waals surface area contributed by atoms with Crippen LogP contribution in [0.25, 0.3) is 6.08 Å². The fourth-order valence-electron chi connectivity index (χ4n) is 2.24. The first-order valence-electron chi connectivity index (χ1n) is 7.22. The first-order chi connectivity index (χ1) is 9.68. The first kappa shape index (κ1) is 16.1. The van der Waals surface area contributed by atoms with Crippen molar-refractivity contribution < 1.29 is 14.0 Å². The van der Waals surface area contributed by atoms with Gasteiger partial charge in [0.05, 0.1) is 18.3 Å². The molecule has 114 valence electrons. The largest absolute Gasteiger partial charge is 0.496 e. The standard InChI is InChI=1S/C16H24BNO3/c1-11-12(2)18-10-13(14(11)19-7)8-9-17-20-15(3,4)16(5,6)21-17/h8-10H,1-7H3/b9-8+. The summed E-state index contributed by atoms with van der Waals surface area (Å²) in [6, 6.07) is 0. The second-order valence-electron chi connectivity index (χ2n) is 6.44. The summed E-state index contributed by atoms with van der Waals surface area (Å²) >= 11 is 0. The molecule has 1 aromatic heterocycles. The number of ether oxygens (including phenoxy) is 1. The zero-order valence-corrected chi connectivity index (χ0v) is 14.0. The molecule has 1 aliphatic rings.